The smallest absolute Gasteiger partial charge is 0.267 e. The first-order chi connectivity index (χ1) is 19.0. The molecule has 1 aliphatic heterocycles. The van der Waals surface area contributed by atoms with Crippen molar-refractivity contribution in [3.05, 3.63) is 117 Å². The maximum Gasteiger partial charge on any atom is 0.267 e. The van der Waals surface area contributed by atoms with Gasteiger partial charge in [0.2, 0.25) is 0 Å². The molecule has 5 heterocycles. The monoisotopic (exact) mass is 518 g/mol. The lowest BCUT2D eigenvalue weighted by atomic mass is 9.90. The van der Waals surface area contributed by atoms with E-state index < -0.39 is 0 Å². The fourth-order valence-corrected chi connectivity index (χ4v) is 5.55. The van der Waals surface area contributed by atoms with Gasteiger partial charge in [-0.1, -0.05) is 42.5 Å². The summed E-state index contributed by atoms with van der Waals surface area (Å²) in [6.07, 6.45) is 7.93. The zero-order valence-corrected chi connectivity index (χ0v) is 21.9. The fourth-order valence-electron chi connectivity index (χ4n) is 5.55. The minimum atomic E-state index is -0.255. The Bertz CT molecular complexity index is 1790. The lowest BCUT2D eigenvalue weighted by Crippen LogP contribution is -2.42. The molecule has 6 rings (SSSR count). The highest BCUT2D eigenvalue weighted by Crippen LogP contribution is 2.23. The Hall–Kier alpha value is -4.59. The van der Waals surface area contributed by atoms with Gasteiger partial charge in [-0.2, -0.15) is 0 Å². The number of benzene rings is 1. The Kier molecular flexibility index (Phi) is 6.52. The predicted molar refractivity (Wildman–Crippen MR) is 150 cm³/mol. The van der Waals surface area contributed by atoms with Crippen LogP contribution in [-0.2, 0) is 13.0 Å². The van der Waals surface area contributed by atoms with Crippen LogP contribution >= 0.6 is 0 Å². The van der Waals surface area contributed by atoms with E-state index in [1.165, 1.54) is 9.96 Å². The number of hydrogen-bond donors (Lipinski definition) is 1. The third-order valence-corrected chi connectivity index (χ3v) is 7.70. The van der Waals surface area contributed by atoms with Crippen LogP contribution in [0.25, 0.3) is 16.7 Å². The summed E-state index contributed by atoms with van der Waals surface area (Å²) < 4.78 is 3.18. The second-order valence-electron chi connectivity index (χ2n) is 10.3. The van der Waals surface area contributed by atoms with E-state index in [9.17, 15) is 9.59 Å². The maximum absolute atomic E-state index is 13.8. The maximum atomic E-state index is 13.8. The van der Waals surface area contributed by atoms with E-state index in [1.54, 1.807) is 29.2 Å². The van der Waals surface area contributed by atoms with Crippen molar-refractivity contribution in [2.24, 2.45) is 5.92 Å². The zero-order chi connectivity index (χ0) is 26.9. The molecule has 0 unspecified atom stereocenters. The van der Waals surface area contributed by atoms with Crippen LogP contribution in [0.5, 0.6) is 0 Å². The third-order valence-electron chi connectivity index (χ3n) is 7.70. The van der Waals surface area contributed by atoms with E-state index >= 15 is 0 Å². The van der Waals surface area contributed by atoms with Crippen LogP contribution in [0.2, 0.25) is 0 Å². The molecule has 1 aromatic carbocycles. The average molecular weight is 519 g/mol. The summed E-state index contributed by atoms with van der Waals surface area (Å²) in [7, 11) is 0. The lowest BCUT2D eigenvalue weighted by molar-refractivity contribution is 0.0687. The molecule has 1 amide bonds. The predicted octanol–water partition coefficient (Wildman–Crippen LogP) is 3.98. The highest BCUT2D eigenvalue weighted by Gasteiger charge is 2.26. The number of piperidine rings is 1. The molecular formula is C31H30N6O2. The SMILES string of the molecule is Cc1cccn2c(=O)c3cc(C(=O)N4CCC(Cc5ccccc5)CC4)c(=N)n(Cc4cccnc4)c3nc12. The summed E-state index contributed by atoms with van der Waals surface area (Å²) >= 11 is 0. The number of likely N-dealkylation sites (tertiary alicyclic amines) is 1. The van der Waals surface area contributed by atoms with Gasteiger partial charge in [0, 0.05) is 31.7 Å². The Morgan fingerprint density at radius 2 is 1.77 bits per heavy atom. The van der Waals surface area contributed by atoms with Crippen LogP contribution in [0.4, 0.5) is 0 Å². The minimum Gasteiger partial charge on any atom is -0.339 e. The molecule has 0 spiro atoms. The first-order valence-electron chi connectivity index (χ1n) is 13.3. The molecule has 0 aliphatic carbocycles. The van der Waals surface area contributed by atoms with Gasteiger partial charge in [-0.25, -0.2) is 4.98 Å². The van der Waals surface area contributed by atoms with Crippen molar-refractivity contribution in [1.29, 1.82) is 5.41 Å². The molecule has 1 aliphatic rings. The van der Waals surface area contributed by atoms with Crippen molar-refractivity contribution in [1.82, 2.24) is 23.8 Å². The van der Waals surface area contributed by atoms with Gasteiger partial charge in [0.25, 0.3) is 11.5 Å². The van der Waals surface area contributed by atoms with Crippen LogP contribution in [-0.4, -0.2) is 42.8 Å². The highest BCUT2D eigenvalue weighted by molar-refractivity contribution is 5.97. The number of pyridine rings is 3. The van der Waals surface area contributed by atoms with Crippen LogP contribution in [0.1, 0.15) is 39.9 Å². The van der Waals surface area contributed by atoms with Crippen LogP contribution in [0, 0.1) is 18.3 Å². The van der Waals surface area contributed by atoms with Gasteiger partial charge in [-0.05, 0) is 67.0 Å². The summed E-state index contributed by atoms with van der Waals surface area (Å²) in [6.45, 7) is 3.44. The molecule has 4 aromatic heterocycles. The Labute approximate surface area is 225 Å². The first kappa shape index (κ1) is 24.7. The van der Waals surface area contributed by atoms with E-state index in [2.05, 4.69) is 29.2 Å². The number of nitrogens with one attached hydrogen (secondary N) is 1. The van der Waals surface area contributed by atoms with E-state index in [1.807, 2.05) is 42.2 Å². The fraction of sp³-hybridized carbons (Fsp3) is 0.258. The number of hydrogen-bond acceptors (Lipinski definition) is 5. The number of fused-ring (bicyclic) bond motifs is 2. The van der Waals surface area contributed by atoms with Crippen molar-refractivity contribution >= 4 is 22.6 Å². The Balaban J connectivity index is 1.39. The number of nitrogens with zero attached hydrogens (tertiary/aromatic N) is 5. The van der Waals surface area contributed by atoms with Gasteiger partial charge in [0.1, 0.15) is 16.8 Å². The van der Waals surface area contributed by atoms with Gasteiger partial charge < -0.3 is 9.47 Å². The van der Waals surface area contributed by atoms with Crippen LogP contribution in [0.15, 0.2) is 84.0 Å². The molecule has 1 N–H and O–H groups in total. The van der Waals surface area contributed by atoms with E-state index in [-0.39, 0.29) is 29.1 Å². The van der Waals surface area contributed by atoms with Gasteiger partial charge >= 0.3 is 0 Å². The molecule has 1 saturated heterocycles. The third kappa shape index (κ3) is 4.74. The Morgan fingerprint density at radius 1 is 1.00 bits per heavy atom. The summed E-state index contributed by atoms with van der Waals surface area (Å²) in [6, 6.07) is 19.5. The molecule has 0 atom stereocenters. The first-order valence-corrected chi connectivity index (χ1v) is 13.3. The summed E-state index contributed by atoms with van der Waals surface area (Å²) in [4.78, 5) is 38.3. The van der Waals surface area contributed by atoms with Gasteiger partial charge in [0.15, 0.2) is 0 Å². The normalized spacial score (nSPS) is 14.2. The number of aryl methyl sites for hydroxylation is 1. The molecule has 0 radical (unpaired) electrons. The van der Waals surface area contributed by atoms with E-state index in [0.29, 0.717) is 35.7 Å². The second-order valence-corrected chi connectivity index (χ2v) is 10.3. The number of aromatic nitrogens is 4. The molecule has 0 saturated carbocycles. The van der Waals surface area contributed by atoms with Gasteiger partial charge in [-0.3, -0.25) is 24.4 Å². The molecule has 196 valence electrons. The van der Waals surface area contributed by atoms with Crippen molar-refractivity contribution in [3.63, 3.8) is 0 Å². The second kappa shape index (κ2) is 10.3. The topological polar surface area (TPSA) is 96.3 Å². The van der Waals surface area contributed by atoms with Crippen molar-refractivity contribution in [2.75, 3.05) is 13.1 Å². The zero-order valence-electron chi connectivity index (χ0n) is 21.9. The number of carbonyl (C=O) groups is 1. The van der Waals surface area contributed by atoms with E-state index in [0.717, 1.165) is 30.4 Å². The minimum absolute atomic E-state index is 0.0487. The number of rotatable bonds is 5. The van der Waals surface area contributed by atoms with E-state index in [4.69, 9.17) is 10.4 Å². The van der Waals surface area contributed by atoms with Crippen molar-refractivity contribution < 1.29 is 4.79 Å². The summed E-state index contributed by atoms with van der Waals surface area (Å²) in [5.41, 5.74) is 3.97. The molecule has 39 heavy (non-hydrogen) atoms. The van der Waals surface area contributed by atoms with Gasteiger partial charge in [0.05, 0.1) is 17.5 Å². The highest BCUT2D eigenvalue weighted by atomic mass is 16.2. The molecule has 1 fully saturated rings. The largest absolute Gasteiger partial charge is 0.339 e. The average Bonchev–Trinajstić information content (AvgIpc) is 2.96. The van der Waals surface area contributed by atoms with Crippen LogP contribution in [0.3, 0.4) is 0 Å². The molecular weight excluding hydrogens is 488 g/mol. The molecule has 8 nitrogen and oxygen atoms in total. The lowest BCUT2D eigenvalue weighted by Gasteiger charge is -2.32. The molecule has 8 heteroatoms. The van der Waals surface area contributed by atoms with Crippen LogP contribution < -0.4 is 11.0 Å². The standard InChI is InChI=1S/C31H30N6O2/c1-21-7-6-14-36-28(21)34-29-26(31(36)39)18-25(27(32)37(29)20-24-10-5-13-33-19-24)30(38)35-15-11-23(12-16-35)17-22-8-3-2-4-9-22/h2-10,13-14,18-19,23,32H,11-12,15-17,20H2,1H3. The quantitative estimate of drug-likeness (QED) is 0.356. The molecule has 5 aromatic rings. The molecule has 0 bridgehead atoms. The van der Waals surface area contributed by atoms with Crippen molar-refractivity contribution in [3.8, 4) is 0 Å². The summed E-state index contributed by atoms with van der Waals surface area (Å²) in [5.74, 6) is 0.302. The summed E-state index contributed by atoms with van der Waals surface area (Å²) in [5, 5.41) is 9.41. The van der Waals surface area contributed by atoms with Gasteiger partial charge in [-0.15, -0.1) is 0 Å². The Morgan fingerprint density at radius 3 is 2.51 bits per heavy atom. The number of amides is 1. The number of carbonyl (C=O) groups excluding carboxylic acids is 1. The van der Waals surface area contributed by atoms with Crippen molar-refractivity contribution in [2.45, 2.75) is 32.7 Å².